The molecule has 0 spiro atoms. The van der Waals surface area contributed by atoms with Crippen molar-refractivity contribution >= 4 is 21.4 Å². The third-order valence-corrected chi connectivity index (χ3v) is 4.00. The quantitative estimate of drug-likeness (QED) is 0.810. The fourth-order valence-electron chi connectivity index (χ4n) is 1.60. The molecule has 0 saturated heterocycles. The summed E-state index contributed by atoms with van der Waals surface area (Å²) >= 11 is 0. The van der Waals surface area contributed by atoms with E-state index in [-0.39, 0.29) is 10.7 Å². The molecule has 2 rings (SSSR count). The first kappa shape index (κ1) is 14.2. The summed E-state index contributed by atoms with van der Waals surface area (Å²) in [6.07, 6.45) is 2.92. The Bertz CT molecular complexity index is 709. The van der Waals surface area contributed by atoms with E-state index in [4.69, 9.17) is 10.5 Å². The van der Waals surface area contributed by atoms with Gasteiger partial charge in [-0.05, 0) is 19.1 Å². The van der Waals surface area contributed by atoms with Crippen LogP contribution < -0.4 is 15.2 Å². The number of aromatic nitrogens is 2. The molecule has 1 aromatic heterocycles. The van der Waals surface area contributed by atoms with Gasteiger partial charge in [-0.25, -0.2) is 4.98 Å². The normalized spacial score (nSPS) is 11.3. The van der Waals surface area contributed by atoms with E-state index in [1.54, 1.807) is 16.7 Å². The largest absolute Gasteiger partial charge is 0.497 e. The molecular formula is C12H16N4O3S. The van der Waals surface area contributed by atoms with Gasteiger partial charge in [-0.3, -0.25) is 4.72 Å². The van der Waals surface area contributed by atoms with Crippen LogP contribution in [0.5, 0.6) is 5.75 Å². The third kappa shape index (κ3) is 2.85. The summed E-state index contributed by atoms with van der Waals surface area (Å²) in [7, 11) is -2.27. The van der Waals surface area contributed by atoms with E-state index in [1.165, 1.54) is 25.7 Å². The van der Waals surface area contributed by atoms with Crippen molar-refractivity contribution in [3.8, 4) is 5.75 Å². The Morgan fingerprint density at radius 3 is 2.80 bits per heavy atom. The van der Waals surface area contributed by atoms with E-state index in [1.807, 2.05) is 6.92 Å². The van der Waals surface area contributed by atoms with Gasteiger partial charge in [0.15, 0.2) is 5.03 Å². The first-order valence-corrected chi connectivity index (χ1v) is 7.42. The molecule has 108 valence electrons. The number of nitrogen functional groups attached to an aromatic ring is 1. The molecular weight excluding hydrogens is 280 g/mol. The third-order valence-electron chi connectivity index (χ3n) is 2.75. The van der Waals surface area contributed by atoms with E-state index in [9.17, 15) is 8.42 Å². The summed E-state index contributed by atoms with van der Waals surface area (Å²) in [5, 5.41) is -0.0541. The molecule has 0 aliphatic rings. The Labute approximate surface area is 117 Å². The Morgan fingerprint density at radius 2 is 2.20 bits per heavy atom. The average molecular weight is 296 g/mol. The standard InChI is InChI=1S/C12H16N4O3S/c1-3-16-7-12(14-8-16)20(17,18)15-11-6-9(19-2)4-5-10(11)13/h4-8,15H,3,13H2,1-2H3. The summed E-state index contributed by atoms with van der Waals surface area (Å²) in [5.74, 6) is 0.510. The first-order chi connectivity index (χ1) is 9.46. The minimum Gasteiger partial charge on any atom is -0.497 e. The van der Waals surface area contributed by atoms with Crippen molar-refractivity contribution in [2.24, 2.45) is 0 Å². The molecule has 0 radical (unpaired) electrons. The van der Waals surface area contributed by atoms with Crippen molar-refractivity contribution in [1.82, 2.24) is 9.55 Å². The lowest BCUT2D eigenvalue weighted by molar-refractivity contribution is 0.415. The molecule has 7 nitrogen and oxygen atoms in total. The highest BCUT2D eigenvalue weighted by Gasteiger charge is 2.18. The zero-order chi connectivity index (χ0) is 14.8. The topological polar surface area (TPSA) is 99.2 Å². The molecule has 0 amide bonds. The Morgan fingerprint density at radius 1 is 1.45 bits per heavy atom. The number of nitrogens with zero attached hydrogens (tertiary/aromatic N) is 2. The van der Waals surface area contributed by atoms with Gasteiger partial charge in [-0.2, -0.15) is 8.42 Å². The first-order valence-electron chi connectivity index (χ1n) is 5.94. The molecule has 0 atom stereocenters. The highest BCUT2D eigenvalue weighted by molar-refractivity contribution is 7.92. The number of anilines is 2. The fourth-order valence-corrected chi connectivity index (χ4v) is 2.63. The number of sulfonamides is 1. The Hall–Kier alpha value is -2.22. The van der Waals surface area contributed by atoms with Crippen LogP contribution in [0.3, 0.4) is 0 Å². The SMILES string of the molecule is CCn1cnc(S(=O)(=O)Nc2cc(OC)ccc2N)c1. The number of aryl methyl sites for hydroxylation is 1. The van der Waals surface area contributed by atoms with E-state index in [0.29, 0.717) is 18.0 Å². The van der Waals surface area contributed by atoms with Crippen molar-refractivity contribution in [3.05, 3.63) is 30.7 Å². The second kappa shape index (κ2) is 5.41. The number of benzene rings is 1. The van der Waals surface area contributed by atoms with Crippen molar-refractivity contribution in [3.63, 3.8) is 0 Å². The Balaban J connectivity index is 2.32. The van der Waals surface area contributed by atoms with Crippen LogP contribution in [0, 0.1) is 0 Å². The molecule has 0 aliphatic heterocycles. The zero-order valence-electron chi connectivity index (χ0n) is 11.2. The van der Waals surface area contributed by atoms with Gasteiger partial charge < -0.3 is 15.0 Å². The summed E-state index contributed by atoms with van der Waals surface area (Å²) in [5.41, 5.74) is 6.32. The number of hydrogen-bond acceptors (Lipinski definition) is 5. The van der Waals surface area contributed by atoms with Gasteiger partial charge in [-0.15, -0.1) is 0 Å². The van der Waals surface area contributed by atoms with Crippen LogP contribution in [-0.2, 0) is 16.6 Å². The second-order valence-electron chi connectivity index (χ2n) is 4.10. The molecule has 3 N–H and O–H groups in total. The van der Waals surface area contributed by atoms with Crippen molar-refractivity contribution < 1.29 is 13.2 Å². The number of nitrogens with two attached hydrogens (primary N) is 1. The molecule has 0 bridgehead atoms. The molecule has 20 heavy (non-hydrogen) atoms. The Kier molecular flexibility index (Phi) is 3.84. The number of imidazole rings is 1. The molecule has 0 aliphatic carbocycles. The maximum atomic E-state index is 12.2. The number of ether oxygens (including phenoxy) is 1. The molecule has 1 aromatic carbocycles. The fraction of sp³-hybridized carbons (Fsp3) is 0.250. The van der Waals surface area contributed by atoms with Crippen LogP contribution >= 0.6 is 0 Å². The van der Waals surface area contributed by atoms with Gasteiger partial charge in [0, 0.05) is 18.8 Å². The number of rotatable bonds is 5. The monoisotopic (exact) mass is 296 g/mol. The molecule has 2 aromatic rings. The minimum absolute atomic E-state index is 0.0541. The van der Waals surface area contributed by atoms with Crippen molar-refractivity contribution in [2.75, 3.05) is 17.6 Å². The predicted molar refractivity (Wildman–Crippen MR) is 76.1 cm³/mol. The molecule has 1 heterocycles. The summed E-state index contributed by atoms with van der Waals surface area (Å²) in [6, 6.07) is 4.74. The average Bonchev–Trinajstić information content (AvgIpc) is 2.91. The van der Waals surface area contributed by atoms with Gasteiger partial charge in [0.1, 0.15) is 5.75 Å². The maximum absolute atomic E-state index is 12.2. The maximum Gasteiger partial charge on any atom is 0.281 e. The highest BCUT2D eigenvalue weighted by atomic mass is 32.2. The lowest BCUT2D eigenvalue weighted by atomic mass is 10.2. The number of methoxy groups -OCH3 is 1. The smallest absolute Gasteiger partial charge is 0.281 e. The summed E-state index contributed by atoms with van der Waals surface area (Å²) in [6.45, 7) is 2.54. The number of hydrogen-bond donors (Lipinski definition) is 2. The van der Waals surface area contributed by atoms with Gasteiger partial charge in [0.05, 0.1) is 24.8 Å². The van der Waals surface area contributed by atoms with Crippen LogP contribution in [0.15, 0.2) is 35.7 Å². The van der Waals surface area contributed by atoms with E-state index in [2.05, 4.69) is 9.71 Å². The van der Waals surface area contributed by atoms with Crippen LogP contribution in [0.4, 0.5) is 11.4 Å². The lowest BCUT2D eigenvalue weighted by Gasteiger charge is -2.10. The van der Waals surface area contributed by atoms with E-state index >= 15 is 0 Å². The molecule has 0 fully saturated rings. The summed E-state index contributed by atoms with van der Waals surface area (Å²) in [4.78, 5) is 3.87. The number of nitrogens with one attached hydrogen (secondary N) is 1. The molecule has 8 heteroatoms. The van der Waals surface area contributed by atoms with Crippen LogP contribution in [0.2, 0.25) is 0 Å². The summed E-state index contributed by atoms with van der Waals surface area (Å²) < 4.78 is 33.5. The van der Waals surface area contributed by atoms with Crippen molar-refractivity contribution in [1.29, 1.82) is 0 Å². The highest BCUT2D eigenvalue weighted by Crippen LogP contribution is 2.26. The second-order valence-corrected chi connectivity index (χ2v) is 5.73. The van der Waals surface area contributed by atoms with Gasteiger partial charge in [-0.1, -0.05) is 0 Å². The minimum atomic E-state index is -3.77. The van der Waals surface area contributed by atoms with E-state index in [0.717, 1.165) is 0 Å². The molecule has 0 saturated carbocycles. The molecule has 0 unspecified atom stereocenters. The van der Waals surface area contributed by atoms with Gasteiger partial charge in [0.2, 0.25) is 0 Å². The predicted octanol–water partition coefficient (Wildman–Crippen LogP) is 1.29. The van der Waals surface area contributed by atoms with Crippen LogP contribution in [-0.4, -0.2) is 25.1 Å². The lowest BCUT2D eigenvalue weighted by Crippen LogP contribution is -2.14. The zero-order valence-corrected chi connectivity index (χ0v) is 12.0. The van der Waals surface area contributed by atoms with Crippen LogP contribution in [0.1, 0.15) is 6.92 Å². The van der Waals surface area contributed by atoms with E-state index < -0.39 is 10.0 Å². The van der Waals surface area contributed by atoms with Crippen LogP contribution in [0.25, 0.3) is 0 Å². The van der Waals surface area contributed by atoms with Gasteiger partial charge in [0.25, 0.3) is 10.0 Å². The van der Waals surface area contributed by atoms with Gasteiger partial charge >= 0.3 is 0 Å². The van der Waals surface area contributed by atoms with Crippen molar-refractivity contribution in [2.45, 2.75) is 18.5 Å².